The third-order valence-electron chi connectivity index (χ3n) is 3.00. The summed E-state index contributed by atoms with van der Waals surface area (Å²) in [4.78, 5) is 13.9. The molecular weight excluding hydrogens is 248 g/mol. The molecule has 4 nitrogen and oxygen atoms in total. The van der Waals surface area contributed by atoms with E-state index in [4.69, 9.17) is 10.5 Å². The highest BCUT2D eigenvalue weighted by atomic mass is 32.2. The van der Waals surface area contributed by atoms with Gasteiger partial charge in [0.25, 0.3) is 0 Å². The summed E-state index contributed by atoms with van der Waals surface area (Å²) in [5.74, 6) is 2.65. The lowest BCUT2D eigenvalue weighted by molar-refractivity contribution is -0.131. The van der Waals surface area contributed by atoms with Crippen molar-refractivity contribution in [2.75, 3.05) is 25.3 Å². The van der Waals surface area contributed by atoms with Crippen LogP contribution in [0.3, 0.4) is 0 Å². The summed E-state index contributed by atoms with van der Waals surface area (Å²) >= 11 is 1.77. The van der Waals surface area contributed by atoms with Crippen LogP contribution in [0.15, 0.2) is 24.3 Å². The average molecular weight is 266 g/mol. The van der Waals surface area contributed by atoms with Gasteiger partial charge in [-0.2, -0.15) is 0 Å². The number of hydrogen-bond donors (Lipinski definition) is 1. The topological polar surface area (TPSA) is 55.6 Å². The van der Waals surface area contributed by atoms with Gasteiger partial charge in [-0.05, 0) is 24.1 Å². The minimum atomic E-state index is -0.447. The van der Waals surface area contributed by atoms with E-state index in [1.165, 1.54) is 0 Å². The molecule has 1 heterocycles. The molecule has 1 aromatic carbocycles. The third kappa shape index (κ3) is 3.17. The van der Waals surface area contributed by atoms with Gasteiger partial charge in [0.2, 0.25) is 5.91 Å². The van der Waals surface area contributed by atoms with Gasteiger partial charge >= 0.3 is 0 Å². The van der Waals surface area contributed by atoms with Crippen LogP contribution in [0.1, 0.15) is 5.56 Å². The number of benzene rings is 1. The molecule has 1 atom stereocenters. The maximum atomic E-state index is 12.0. The lowest BCUT2D eigenvalue weighted by Crippen LogP contribution is -2.43. The molecule has 0 bridgehead atoms. The number of thioether (sulfide) groups is 1. The molecule has 18 heavy (non-hydrogen) atoms. The molecule has 1 amide bonds. The molecular formula is C13H18N2O2S. The molecule has 0 saturated carbocycles. The van der Waals surface area contributed by atoms with E-state index in [0.717, 1.165) is 29.5 Å². The number of nitrogens with two attached hydrogens (primary N) is 1. The number of rotatable bonds is 4. The van der Waals surface area contributed by atoms with Gasteiger partial charge < -0.3 is 15.4 Å². The zero-order chi connectivity index (χ0) is 13.0. The Hall–Kier alpha value is -1.20. The van der Waals surface area contributed by atoms with E-state index < -0.39 is 6.04 Å². The van der Waals surface area contributed by atoms with E-state index in [2.05, 4.69) is 0 Å². The second-order valence-corrected chi connectivity index (χ2v) is 5.37. The molecule has 2 rings (SSSR count). The standard InChI is InChI=1S/C13H18N2O2S/c1-17-11-4-2-10(3-5-11)8-12(14)13(16)15-6-7-18-9-15/h2-5,12H,6-9,14H2,1H3. The largest absolute Gasteiger partial charge is 0.497 e. The summed E-state index contributed by atoms with van der Waals surface area (Å²) in [6.07, 6.45) is 0.573. The molecule has 0 aromatic heterocycles. The Balaban J connectivity index is 1.92. The van der Waals surface area contributed by atoms with Gasteiger partial charge in [0.15, 0.2) is 0 Å². The summed E-state index contributed by atoms with van der Waals surface area (Å²) in [5, 5.41) is 0. The maximum Gasteiger partial charge on any atom is 0.240 e. The summed E-state index contributed by atoms with van der Waals surface area (Å²) in [7, 11) is 1.63. The second kappa shape index (κ2) is 6.11. The second-order valence-electron chi connectivity index (χ2n) is 4.30. The number of amides is 1. The molecule has 0 aliphatic carbocycles. The molecule has 1 aromatic rings. The number of hydrogen-bond acceptors (Lipinski definition) is 4. The highest BCUT2D eigenvalue weighted by molar-refractivity contribution is 7.99. The Morgan fingerprint density at radius 1 is 1.50 bits per heavy atom. The van der Waals surface area contributed by atoms with Crippen molar-refractivity contribution in [3.63, 3.8) is 0 Å². The van der Waals surface area contributed by atoms with Crippen LogP contribution in [-0.2, 0) is 11.2 Å². The summed E-state index contributed by atoms with van der Waals surface area (Å²) in [6.45, 7) is 0.819. The van der Waals surface area contributed by atoms with Crippen molar-refractivity contribution in [2.45, 2.75) is 12.5 Å². The first-order valence-corrected chi connectivity index (χ1v) is 7.11. The molecule has 1 unspecified atom stereocenters. The fraction of sp³-hybridized carbons (Fsp3) is 0.462. The molecule has 0 spiro atoms. The zero-order valence-electron chi connectivity index (χ0n) is 10.5. The third-order valence-corrected chi connectivity index (χ3v) is 3.96. The van der Waals surface area contributed by atoms with Gasteiger partial charge in [-0.1, -0.05) is 12.1 Å². The van der Waals surface area contributed by atoms with Gasteiger partial charge in [0.1, 0.15) is 5.75 Å². The Kier molecular flexibility index (Phi) is 4.49. The first-order chi connectivity index (χ1) is 8.70. The predicted octanol–water partition coefficient (Wildman–Crippen LogP) is 1.10. The molecule has 0 radical (unpaired) electrons. The van der Waals surface area contributed by atoms with E-state index in [-0.39, 0.29) is 5.91 Å². The van der Waals surface area contributed by atoms with Crippen LogP contribution in [0.5, 0.6) is 5.75 Å². The molecule has 1 aliphatic heterocycles. The fourth-order valence-corrected chi connectivity index (χ4v) is 2.88. The summed E-state index contributed by atoms with van der Waals surface area (Å²) < 4.78 is 5.09. The first-order valence-electron chi connectivity index (χ1n) is 5.96. The summed E-state index contributed by atoms with van der Waals surface area (Å²) in [5.41, 5.74) is 7.03. The molecule has 5 heteroatoms. The van der Waals surface area contributed by atoms with Crippen LogP contribution in [-0.4, -0.2) is 42.1 Å². The van der Waals surface area contributed by atoms with Crippen LogP contribution in [0.25, 0.3) is 0 Å². The lowest BCUT2D eigenvalue weighted by atomic mass is 10.1. The van der Waals surface area contributed by atoms with Crippen molar-refractivity contribution < 1.29 is 9.53 Å². The Morgan fingerprint density at radius 3 is 2.78 bits per heavy atom. The minimum absolute atomic E-state index is 0.0517. The van der Waals surface area contributed by atoms with Gasteiger partial charge in [-0.25, -0.2) is 0 Å². The van der Waals surface area contributed by atoms with Crippen LogP contribution < -0.4 is 10.5 Å². The number of nitrogens with zero attached hydrogens (tertiary/aromatic N) is 1. The fourth-order valence-electron chi connectivity index (χ4n) is 1.93. The van der Waals surface area contributed by atoms with E-state index in [1.807, 2.05) is 29.2 Å². The van der Waals surface area contributed by atoms with E-state index in [0.29, 0.717) is 6.42 Å². The molecule has 1 saturated heterocycles. The van der Waals surface area contributed by atoms with E-state index >= 15 is 0 Å². The lowest BCUT2D eigenvalue weighted by Gasteiger charge is -2.19. The molecule has 2 N–H and O–H groups in total. The molecule has 1 fully saturated rings. The monoisotopic (exact) mass is 266 g/mol. The van der Waals surface area contributed by atoms with Crippen molar-refractivity contribution in [2.24, 2.45) is 5.73 Å². The van der Waals surface area contributed by atoms with Crippen LogP contribution in [0.2, 0.25) is 0 Å². The Bertz CT molecular complexity index is 402. The van der Waals surface area contributed by atoms with Crippen molar-refractivity contribution in [1.29, 1.82) is 0 Å². The maximum absolute atomic E-state index is 12.0. The first kappa shape index (κ1) is 13.2. The minimum Gasteiger partial charge on any atom is -0.497 e. The number of carbonyl (C=O) groups is 1. The number of methoxy groups -OCH3 is 1. The molecule has 1 aliphatic rings. The van der Waals surface area contributed by atoms with Crippen molar-refractivity contribution in [3.8, 4) is 5.75 Å². The summed E-state index contributed by atoms with van der Waals surface area (Å²) in [6, 6.07) is 7.23. The number of ether oxygens (including phenoxy) is 1. The van der Waals surface area contributed by atoms with Crippen LogP contribution in [0, 0.1) is 0 Å². The highest BCUT2D eigenvalue weighted by Gasteiger charge is 2.23. The van der Waals surface area contributed by atoms with Crippen molar-refractivity contribution in [1.82, 2.24) is 4.90 Å². The Morgan fingerprint density at radius 2 is 2.22 bits per heavy atom. The number of carbonyl (C=O) groups excluding carboxylic acids is 1. The smallest absolute Gasteiger partial charge is 0.240 e. The van der Waals surface area contributed by atoms with E-state index in [9.17, 15) is 4.79 Å². The normalized spacial score (nSPS) is 16.7. The van der Waals surface area contributed by atoms with Crippen LogP contribution >= 0.6 is 11.8 Å². The predicted molar refractivity (Wildman–Crippen MR) is 73.7 cm³/mol. The van der Waals surface area contributed by atoms with E-state index in [1.54, 1.807) is 18.9 Å². The Labute approximate surface area is 111 Å². The van der Waals surface area contributed by atoms with Gasteiger partial charge in [-0.15, -0.1) is 11.8 Å². The van der Waals surface area contributed by atoms with Crippen molar-refractivity contribution in [3.05, 3.63) is 29.8 Å². The zero-order valence-corrected chi connectivity index (χ0v) is 11.3. The SMILES string of the molecule is COc1ccc(CC(N)C(=O)N2CCSC2)cc1. The van der Waals surface area contributed by atoms with Gasteiger partial charge in [-0.3, -0.25) is 4.79 Å². The van der Waals surface area contributed by atoms with Gasteiger partial charge in [0, 0.05) is 12.3 Å². The average Bonchev–Trinajstić information content (AvgIpc) is 2.92. The highest BCUT2D eigenvalue weighted by Crippen LogP contribution is 2.16. The van der Waals surface area contributed by atoms with Crippen LogP contribution in [0.4, 0.5) is 0 Å². The molecule has 98 valence electrons. The van der Waals surface area contributed by atoms with Crippen molar-refractivity contribution >= 4 is 17.7 Å². The van der Waals surface area contributed by atoms with Gasteiger partial charge in [0.05, 0.1) is 19.0 Å². The quantitative estimate of drug-likeness (QED) is 0.886.